The number of nitro groups is 2. The molecule has 3 aromatic rings. The first-order valence-corrected chi connectivity index (χ1v) is 11.8. The van der Waals surface area contributed by atoms with Crippen molar-refractivity contribution in [2.75, 3.05) is 11.5 Å². The number of thiazole rings is 1. The van der Waals surface area contributed by atoms with Crippen LogP contribution in [0.5, 0.6) is 0 Å². The molecule has 1 aromatic heterocycles. The first kappa shape index (κ1) is 22.0. The van der Waals surface area contributed by atoms with Crippen LogP contribution in [-0.4, -0.2) is 43.2 Å². The van der Waals surface area contributed by atoms with Gasteiger partial charge in [0, 0.05) is 6.07 Å². The number of nitro benzene ring substituents is 2. The number of amides is 2. The van der Waals surface area contributed by atoms with E-state index in [1.807, 2.05) is 24.3 Å². The van der Waals surface area contributed by atoms with Gasteiger partial charge in [0.15, 0.2) is 4.34 Å². The summed E-state index contributed by atoms with van der Waals surface area (Å²) >= 11 is 3.75. The predicted molar refractivity (Wildman–Crippen MR) is 120 cm³/mol. The van der Waals surface area contributed by atoms with Gasteiger partial charge in [0.25, 0.3) is 17.3 Å². The average Bonchev–Trinajstić information content (AvgIpc) is 3.35. The van der Waals surface area contributed by atoms with Crippen LogP contribution in [0.3, 0.4) is 0 Å². The number of thioether (sulfide) groups is 2. The van der Waals surface area contributed by atoms with Crippen LogP contribution >= 0.6 is 34.9 Å². The van der Waals surface area contributed by atoms with E-state index in [2.05, 4.69) is 10.4 Å². The fourth-order valence-corrected chi connectivity index (χ4v) is 5.99. The number of rotatable bonds is 7. The van der Waals surface area contributed by atoms with Gasteiger partial charge in [-0.1, -0.05) is 23.9 Å². The molecule has 0 radical (unpaired) electrons. The van der Waals surface area contributed by atoms with Gasteiger partial charge in [-0.05, 0) is 18.2 Å². The number of fused-ring (bicyclic) bond motifs is 1. The molecule has 164 valence electrons. The molecule has 1 aliphatic heterocycles. The van der Waals surface area contributed by atoms with Gasteiger partial charge < -0.3 is 0 Å². The topological polar surface area (TPSA) is 149 Å². The van der Waals surface area contributed by atoms with Crippen molar-refractivity contribution >= 4 is 68.3 Å². The van der Waals surface area contributed by atoms with Crippen molar-refractivity contribution in [2.45, 2.75) is 9.71 Å². The molecule has 14 heteroatoms. The molecule has 0 saturated carbocycles. The summed E-state index contributed by atoms with van der Waals surface area (Å²) in [5, 5.41) is 22.6. The van der Waals surface area contributed by atoms with Crippen LogP contribution in [0.25, 0.3) is 10.2 Å². The molecule has 1 aliphatic rings. The van der Waals surface area contributed by atoms with E-state index in [4.69, 9.17) is 0 Å². The van der Waals surface area contributed by atoms with Crippen molar-refractivity contribution in [1.82, 2.24) is 15.4 Å². The largest absolute Gasteiger partial charge is 0.282 e. The van der Waals surface area contributed by atoms with Gasteiger partial charge in [0.2, 0.25) is 5.91 Å². The molecule has 0 aliphatic carbocycles. The average molecular weight is 492 g/mol. The second kappa shape index (κ2) is 9.10. The maximum absolute atomic E-state index is 12.5. The van der Waals surface area contributed by atoms with E-state index in [-0.39, 0.29) is 17.1 Å². The Balaban J connectivity index is 1.48. The van der Waals surface area contributed by atoms with E-state index >= 15 is 0 Å². The first-order valence-electron chi connectivity index (χ1n) is 8.97. The zero-order valence-corrected chi connectivity index (χ0v) is 18.4. The molecular formula is C18H13N5O6S3. The third kappa shape index (κ3) is 4.51. The highest BCUT2D eigenvalue weighted by Crippen LogP contribution is 2.42. The van der Waals surface area contributed by atoms with Gasteiger partial charge in [0.05, 0.1) is 43.2 Å². The number of aromatic nitrogens is 1. The molecule has 1 N–H and O–H groups in total. The van der Waals surface area contributed by atoms with E-state index in [1.165, 1.54) is 29.2 Å². The minimum atomic E-state index is -0.875. The van der Waals surface area contributed by atoms with Gasteiger partial charge in [-0.25, -0.2) is 9.99 Å². The van der Waals surface area contributed by atoms with E-state index in [1.54, 1.807) is 0 Å². The zero-order chi connectivity index (χ0) is 22.8. The summed E-state index contributed by atoms with van der Waals surface area (Å²) in [4.78, 5) is 50.2. The minimum Gasteiger partial charge on any atom is -0.272 e. The number of carbonyl (C=O) groups is 2. The maximum Gasteiger partial charge on any atom is 0.282 e. The quantitative estimate of drug-likeness (QED) is 0.298. The summed E-state index contributed by atoms with van der Waals surface area (Å²) in [6, 6.07) is 10.8. The second-order valence-corrected chi connectivity index (χ2v) is 9.78. The number of nitrogens with zero attached hydrogens (tertiary/aromatic N) is 4. The number of carbonyl (C=O) groups excluding carboxylic acids is 2. The summed E-state index contributed by atoms with van der Waals surface area (Å²) in [5.41, 5.74) is 2.51. The molecular weight excluding hydrogens is 478 g/mol. The third-order valence-electron chi connectivity index (χ3n) is 4.40. The highest BCUT2D eigenvalue weighted by Gasteiger charge is 2.38. The Kier molecular flexibility index (Phi) is 6.25. The van der Waals surface area contributed by atoms with Gasteiger partial charge in [-0.15, -0.1) is 23.1 Å². The Labute approximate surface area is 192 Å². The third-order valence-corrected chi connectivity index (χ3v) is 7.78. The van der Waals surface area contributed by atoms with Gasteiger partial charge in [0.1, 0.15) is 5.37 Å². The molecule has 1 fully saturated rings. The van der Waals surface area contributed by atoms with E-state index < -0.39 is 38.4 Å². The predicted octanol–water partition coefficient (Wildman–Crippen LogP) is 3.51. The Bertz CT molecular complexity index is 1220. The van der Waals surface area contributed by atoms with Gasteiger partial charge >= 0.3 is 0 Å². The molecule has 2 amide bonds. The molecule has 0 spiro atoms. The Hall–Kier alpha value is -3.23. The van der Waals surface area contributed by atoms with Crippen molar-refractivity contribution in [3.05, 3.63) is 68.3 Å². The lowest BCUT2D eigenvalue weighted by Gasteiger charge is -2.24. The molecule has 0 bridgehead atoms. The fraction of sp³-hybridized carbons (Fsp3) is 0.167. The van der Waals surface area contributed by atoms with Crippen molar-refractivity contribution in [3.8, 4) is 0 Å². The Morgan fingerprint density at radius 2 is 2.00 bits per heavy atom. The summed E-state index contributed by atoms with van der Waals surface area (Å²) in [5.74, 6) is -0.904. The first-order chi connectivity index (χ1) is 15.3. The SMILES string of the molecule is O=C(CSc1nc2ccccc2s1)NN1C(=O)CSC1c1ccc([N+](=O)[O-])cc1[N+](=O)[O-]. The summed E-state index contributed by atoms with van der Waals surface area (Å²) < 4.78 is 1.69. The van der Waals surface area contributed by atoms with Crippen molar-refractivity contribution in [3.63, 3.8) is 0 Å². The minimum absolute atomic E-state index is 0.00407. The number of para-hydroxylation sites is 1. The van der Waals surface area contributed by atoms with Crippen molar-refractivity contribution in [2.24, 2.45) is 0 Å². The highest BCUT2D eigenvalue weighted by atomic mass is 32.2. The summed E-state index contributed by atoms with van der Waals surface area (Å²) in [6.07, 6.45) is 0. The van der Waals surface area contributed by atoms with Crippen LogP contribution in [0.2, 0.25) is 0 Å². The van der Waals surface area contributed by atoms with Gasteiger partial charge in [-0.2, -0.15) is 0 Å². The Morgan fingerprint density at radius 3 is 2.72 bits per heavy atom. The number of hydrazine groups is 1. The smallest absolute Gasteiger partial charge is 0.272 e. The van der Waals surface area contributed by atoms with Crippen LogP contribution in [0.1, 0.15) is 10.9 Å². The molecule has 2 aromatic carbocycles. The molecule has 11 nitrogen and oxygen atoms in total. The van der Waals surface area contributed by atoms with Crippen LogP contribution in [0.15, 0.2) is 46.8 Å². The summed E-state index contributed by atoms with van der Waals surface area (Å²) in [6.45, 7) is 0. The molecule has 1 unspecified atom stereocenters. The standard InChI is InChI=1S/C18H13N5O6S3/c24-15(8-31-18-19-12-3-1-2-4-14(12)32-18)20-21-16(25)9-30-17(21)11-6-5-10(22(26)27)7-13(11)23(28)29/h1-7,17H,8-9H2,(H,20,24). The van der Waals surface area contributed by atoms with E-state index in [0.29, 0.717) is 4.34 Å². The number of nitrogens with one attached hydrogen (secondary N) is 1. The normalized spacial score (nSPS) is 15.8. The molecule has 1 atom stereocenters. The molecule has 4 rings (SSSR count). The lowest BCUT2D eigenvalue weighted by atomic mass is 10.1. The van der Waals surface area contributed by atoms with Crippen LogP contribution in [-0.2, 0) is 9.59 Å². The molecule has 1 saturated heterocycles. The fourth-order valence-electron chi connectivity index (χ4n) is 2.99. The lowest BCUT2D eigenvalue weighted by Crippen LogP contribution is -2.45. The lowest BCUT2D eigenvalue weighted by molar-refractivity contribution is -0.394. The number of hydrogen-bond acceptors (Lipinski definition) is 10. The maximum atomic E-state index is 12.5. The highest BCUT2D eigenvalue weighted by molar-refractivity contribution is 8.01. The zero-order valence-electron chi connectivity index (χ0n) is 16.0. The van der Waals surface area contributed by atoms with Crippen LogP contribution < -0.4 is 5.43 Å². The molecule has 2 heterocycles. The van der Waals surface area contributed by atoms with Gasteiger partial charge in [-0.3, -0.25) is 35.2 Å². The van der Waals surface area contributed by atoms with Crippen LogP contribution in [0.4, 0.5) is 11.4 Å². The van der Waals surface area contributed by atoms with E-state index in [9.17, 15) is 29.8 Å². The number of non-ortho nitro benzene ring substituents is 1. The monoisotopic (exact) mass is 491 g/mol. The van der Waals surface area contributed by atoms with Crippen LogP contribution in [0, 0.1) is 20.2 Å². The molecule has 32 heavy (non-hydrogen) atoms. The Morgan fingerprint density at radius 1 is 1.22 bits per heavy atom. The number of benzene rings is 2. The number of hydrogen-bond donors (Lipinski definition) is 1. The second-order valence-electron chi connectivity index (χ2n) is 6.46. The van der Waals surface area contributed by atoms with Crippen molar-refractivity contribution < 1.29 is 19.4 Å². The van der Waals surface area contributed by atoms with E-state index in [0.717, 1.165) is 39.1 Å². The van der Waals surface area contributed by atoms with Crippen molar-refractivity contribution in [1.29, 1.82) is 0 Å². The summed E-state index contributed by atoms with van der Waals surface area (Å²) in [7, 11) is 0.